The molecular formula is C15H17ClN4O3S. The van der Waals surface area contributed by atoms with Gasteiger partial charge in [-0.3, -0.25) is 14.6 Å². The average molecular weight is 369 g/mol. The second-order valence-electron chi connectivity index (χ2n) is 4.64. The molecule has 0 atom stereocenters. The number of carbonyl (C=O) groups excluding carboxylic acids is 1. The van der Waals surface area contributed by atoms with Crippen molar-refractivity contribution in [1.29, 1.82) is 0 Å². The maximum atomic E-state index is 12.1. The molecule has 4 N–H and O–H groups in total. The normalized spacial score (nSPS) is 10.6. The standard InChI is InChI=1S/C15H17ClN4O3S/c1-2-23-7-8-24-15-19-12(17)11(14(22)20-15)18-13(21)9-3-5-10(16)6-4-9/h3-6H,2,7-8H2,1H3,(H,18,21)(H3,17,19,20,22). The van der Waals surface area contributed by atoms with Crippen molar-refractivity contribution >= 4 is 40.8 Å². The first-order valence-electron chi connectivity index (χ1n) is 7.18. The maximum absolute atomic E-state index is 12.1. The lowest BCUT2D eigenvalue weighted by atomic mass is 10.2. The van der Waals surface area contributed by atoms with Crippen molar-refractivity contribution in [3.63, 3.8) is 0 Å². The molecule has 1 aromatic heterocycles. The van der Waals surface area contributed by atoms with E-state index in [-0.39, 0.29) is 11.5 Å². The summed E-state index contributed by atoms with van der Waals surface area (Å²) in [6.07, 6.45) is 0. The summed E-state index contributed by atoms with van der Waals surface area (Å²) in [5.74, 6) is 0.120. The van der Waals surface area contributed by atoms with Crippen molar-refractivity contribution in [2.24, 2.45) is 0 Å². The summed E-state index contributed by atoms with van der Waals surface area (Å²) in [4.78, 5) is 30.9. The Morgan fingerprint density at radius 1 is 1.42 bits per heavy atom. The fourth-order valence-corrected chi connectivity index (χ4v) is 2.64. The van der Waals surface area contributed by atoms with Gasteiger partial charge in [-0.2, -0.15) is 0 Å². The quantitative estimate of drug-likeness (QED) is 0.393. The van der Waals surface area contributed by atoms with E-state index < -0.39 is 11.5 Å². The van der Waals surface area contributed by atoms with E-state index in [4.69, 9.17) is 22.1 Å². The number of nitrogens with two attached hydrogens (primary N) is 1. The number of H-pyrrole nitrogens is 1. The number of hydrogen-bond donors (Lipinski definition) is 3. The molecule has 0 aliphatic carbocycles. The predicted octanol–water partition coefficient (Wildman–Crippen LogP) is 2.39. The van der Waals surface area contributed by atoms with Gasteiger partial charge in [0, 0.05) is 22.9 Å². The van der Waals surface area contributed by atoms with Gasteiger partial charge in [0.05, 0.1) is 6.61 Å². The number of nitrogens with one attached hydrogen (secondary N) is 2. The van der Waals surface area contributed by atoms with Crippen LogP contribution in [-0.2, 0) is 4.74 Å². The van der Waals surface area contributed by atoms with Gasteiger partial charge >= 0.3 is 0 Å². The molecular weight excluding hydrogens is 352 g/mol. The predicted molar refractivity (Wildman–Crippen MR) is 95.9 cm³/mol. The average Bonchev–Trinajstić information content (AvgIpc) is 2.55. The number of nitrogen functional groups attached to an aromatic ring is 1. The number of nitrogens with zero attached hydrogens (tertiary/aromatic N) is 1. The molecule has 1 heterocycles. The van der Waals surface area contributed by atoms with Crippen LogP contribution >= 0.6 is 23.4 Å². The molecule has 0 spiro atoms. The lowest BCUT2D eigenvalue weighted by Crippen LogP contribution is -2.23. The number of thioether (sulfide) groups is 1. The first-order valence-corrected chi connectivity index (χ1v) is 8.55. The van der Waals surface area contributed by atoms with Crippen molar-refractivity contribution in [3.05, 3.63) is 45.2 Å². The van der Waals surface area contributed by atoms with E-state index in [0.717, 1.165) is 0 Å². The Kier molecular flexibility index (Phi) is 6.65. The van der Waals surface area contributed by atoms with Crippen LogP contribution in [-0.4, -0.2) is 34.8 Å². The number of aromatic amines is 1. The topological polar surface area (TPSA) is 110 Å². The Morgan fingerprint density at radius 3 is 2.75 bits per heavy atom. The number of aromatic nitrogens is 2. The summed E-state index contributed by atoms with van der Waals surface area (Å²) in [5.41, 5.74) is 5.56. The van der Waals surface area contributed by atoms with Crippen molar-refractivity contribution in [1.82, 2.24) is 9.97 Å². The van der Waals surface area contributed by atoms with Crippen LogP contribution in [0.5, 0.6) is 0 Å². The van der Waals surface area contributed by atoms with E-state index in [2.05, 4.69) is 15.3 Å². The molecule has 128 valence electrons. The third-order valence-electron chi connectivity index (χ3n) is 2.94. The third-order valence-corrected chi connectivity index (χ3v) is 4.03. The number of carbonyl (C=O) groups is 1. The molecule has 2 rings (SSSR count). The molecule has 0 bridgehead atoms. The van der Waals surface area contributed by atoms with Crippen molar-refractivity contribution in [3.8, 4) is 0 Å². The molecule has 0 saturated heterocycles. The van der Waals surface area contributed by atoms with Gasteiger partial charge in [-0.15, -0.1) is 0 Å². The summed E-state index contributed by atoms with van der Waals surface area (Å²) in [7, 11) is 0. The molecule has 1 amide bonds. The van der Waals surface area contributed by atoms with Crippen molar-refractivity contribution in [2.45, 2.75) is 12.1 Å². The Bertz CT molecular complexity index is 764. The SMILES string of the molecule is CCOCCSc1nc(N)c(NC(=O)c2ccc(Cl)cc2)c(=O)[nH]1. The van der Waals surface area contributed by atoms with Gasteiger partial charge in [-0.1, -0.05) is 23.4 Å². The molecule has 0 unspecified atom stereocenters. The van der Waals surface area contributed by atoms with E-state index in [1.54, 1.807) is 24.3 Å². The monoisotopic (exact) mass is 368 g/mol. The smallest absolute Gasteiger partial charge is 0.277 e. The van der Waals surface area contributed by atoms with Gasteiger partial charge in [0.15, 0.2) is 11.0 Å². The van der Waals surface area contributed by atoms with Gasteiger partial charge in [0.25, 0.3) is 11.5 Å². The van der Waals surface area contributed by atoms with Crippen LogP contribution in [0.4, 0.5) is 11.5 Å². The highest BCUT2D eigenvalue weighted by Gasteiger charge is 2.14. The minimum atomic E-state index is -0.510. The van der Waals surface area contributed by atoms with E-state index in [1.807, 2.05) is 6.92 Å². The number of anilines is 2. The first kappa shape index (κ1) is 18.3. The zero-order valence-electron chi connectivity index (χ0n) is 13.0. The summed E-state index contributed by atoms with van der Waals surface area (Å²) in [6.45, 7) is 3.07. The van der Waals surface area contributed by atoms with Crippen molar-refractivity contribution < 1.29 is 9.53 Å². The van der Waals surface area contributed by atoms with E-state index >= 15 is 0 Å². The van der Waals surface area contributed by atoms with Gasteiger partial charge in [0.2, 0.25) is 0 Å². The Labute approximate surface area is 148 Å². The van der Waals surface area contributed by atoms with E-state index in [0.29, 0.717) is 34.7 Å². The Hall–Kier alpha value is -2.03. The minimum absolute atomic E-state index is 0.0417. The fourth-order valence-electron chi connectivity index (χ4n) is 1.79. The molecule has 1 aromatic carbocycles. The number of ether oxygens (including phenoxy) is 1. The van der Waals surface area contributed by atoms with Gasteiger partial charge in [-0.05, 0) is 31.2 Å². The molecule has 7 nitrogen and oxygen atoms in total. The van der Waals surface area contributed by atoms with Gasteiger partial charge in [0.1, 0.15) is 5.69 Å². The van der Waals surface area contributed by atoms with Crippen LogP contribution in [0.3, 0.4) is 0 Å². The second-order valence-corrected chi connectivity index (χ2v) is 6.16. The molecule has 0 aliphatic heterocycles. The molecule has 9 heteroatoms. The molecule has 0 aliphatic rings. The fraction of sp³-hybridized carbons (Fsp3) is 0.267. The van der Waals surface area contributed by atoms with Crippen LogP contribution in [0.2, 0.25) is 5.02 Å². The summed E-state index contributed by atoms with van der Waals surface area (Å²) >= 11 is 7.09. The molecule has 0 saturated carbocycles. The van der Waals surface area contributed by atoms with Crippen LogP contribution in [0.15, 0.2) is 34.2 Å². The largest absolute Gasteiger partial charge is 0.382 e. The van der Waals surface area contributed by atoms with Crippen LogP contribution in [0.1, 0.15) is 17.3 Å². The van der Waals surface area contributed by atoms with Crippen LogP contribution in [0, 0.1) is 0 Å². The highest BCUT2D eigenvalue weighted by Crippen LogP contribution is 2.17. The molecule has 24 heavy (non-hydrogen) atoms. The lowest BCUT2D eigenvalue weighted by Gasteiger charge is -2.08. The Morgan fingerprint density at radius 2 is 2.12 bits per heavy atom. The van der Waals surface area contributed by atoms with Crippen molar-refractivity contribution in [2.75, 3.05) is 30.0 Å². The number of benzene rings is 1. The van der Waals surface area contributed by atoms with Crippen LogP contribution < -0.4 is 16.6 Å². The zero-order valence-corrected chi connectivity index (χ0v) is 14.5. The highest BCUT2D eigenvalue weighted by atomic mass is 35.5. The molecule has 2 aromatic rings. The number of amides is 1. The highest BCUT2D eigenvalue weighted by molar-refractivity contribution is 7.99. The third kappa shape index (κ3) is 4.98. The number of hydrogen-bond acceptors (Lipinski definition) is 6. The van der Waals surface area contributed by atoms with Gasteiger partial charge in [-0.25, -0.2) is 4.98 Å². The van der Waals surface area contributed by atoms with Crippen LogP contribution in [0.25, 0.3) is 0 Å². The molecule has 0 radical (unpaired) electrons. The maximum Gasteiger partial charge on any atom is 0.277 e. The zero-order chi connectivity index (χ0) is 17.5. The molecule has 0 fully saturated rings. The summed E-state index contributed by atoms with van der Waals surface area (Å²) in [5, 5.41) is 3.36. The second kappa shape index (κ2) is 8.72. The first-order chi connectivity index (χ1) is 11.5. The Balaban J connectivity index is 2.09. The van der Waals surface area contributed by atoms with E-state index in [9.17, 15) is 9.59 Å². The van der Waals surface area contributed by atoms with E-state index in [1.165, 1.54) is 11.8 Å². The summed E-state index contributed by atoms with van der Waals surface area (Å²) in [6, 6.07) is 6.27. The lowest BCUT2D eigenvalue weighted by molar-refractivity contribution is 0.102. The van der Waals surface area contributed by atoms with Gasteiger partial charge < -0.3 is 15.8 Å². The number of halogens is 1. The number of rotatable bonds is 7. The minimum Gasteiger partial charge on any atom is -0.382 e. The summed E-state index contributed by atoms with van der Waals surface area (Å²) < 4.78 is 5.21.